The number of amides is 1. The van der Waals surface area contributed by atoms with Crippen molar-refractivity contribution in [3.05, 3.63) is 29.3 Å². The third-order valence-corrected chi connectivity index (χ3v) is 3.75. The monoisotopic (exact) mass is 298 g/mol. The molecule has 0 bridgehead atoms. The zero-order valence-corrected chi connectivity index (χ0v) is 11.8. The number of aliphatic hydroxyl groups excluding tert-OH is 1. The van der Waals surface area contributed by atoms with E-state index in [-0.39, 0.29) is 24.5 Å². The molecule has 2 rings (SSSR count). The van der Waals surface area contributed by atoms with Crippen molar-refractivity contribution in [3.8, 4) is 5.75 Å². The minimum absolute atomic E-state index is 0.00492. The number of nitrogens with two attached hydrogens (primary N) is 1. The quantitative estimate of drug-likeness (QED) is 0.755. The lowest BCUT2D eigenvalue weighted by molar-refractivity contribution is -0.120. The Balaban J connectivity index is 1.87. The molecule has 1 saturated carbocycles. The zero-order chi connectivity index (χ0) is 14.5. The van der Waals surface area contributed by atoms with Gasteiger partial charge in [-0.1, -0.05) is 17.7 Å². The Morgan fingerprint density at radius 3 is 3.00 bits per heavy atom. The van der Waals surface area contributed by atoms with Gasteiger partial charge in [0.25, 0.3) is 0 Å². The summed E-state index contributed by atoms with van der Waals surface area (Å²) in [5.74, 6) is 0.430. The normalized spacial score (nSPS) is 25.4. The standard InChI is InChI=1S/C14H19ClN2O3/c15-10-2-1-3-11(6-10)20-12-5-4-9(14(12)19)8-17-13(18)7-16/h1-3,6,9,12,14,19H,4-5,7-8,16H2,(H,17,18)/t9-,12-,14-/m1/s1. The van der Waals surface area contributed by atoms with E-state index in [2.05, 4.69) is 5.32 Å². The molecule has 3 atom stereocenters. The summed E-state index contributed by atoms with van der Waals surface area (Å²) in [4.78, 5) is 11.1. The summed E-state index contributed by atoms with van der Waals surface area (Å²) in [6.45, 7) is 0.387. The fraction of sp³-hybridized carbons (Fsp3) is 0.500. The van der Waals surface area contributed by atoms with Gasteiger partial charge in [0.2, 0.25) is 5.91 Å². The van der Waals surface area contributed by atoms with Crippen LogP contribution in [0.15, 0.2) is 24.3 Å². The number of carbonyl (C=O) groups is 1. The Morgan fingerprint density at radius 2 is 2.30 bits per heavy atom. The number of hydrogen-bond acceptors (Lipinski definition) is 4. The molecule has 1 aliphatic rings. The van der Waals surface area contributed by atoms with Gasteiger partial charge in [-0.05, 0) is 31.0 Å². The van der Waals surface area contributed by atoms with Crippen LogP contribution in [0.2, 0.25) is 5.02 Å². The van der Waals surface area contributed by atoms with E-state index in [9.17, 15) is 9.90 Å². The summed E-state index contributed by atoms with van der Waals surface area (Å²) in [7, 11) is 0. The van der Waals surface area contributed by atoms with Crippen LogP contribution >= 0.6 is 11.6 Å². The van der Waals surface area contributed by atoms with Gasteiger partial charge in [-0.2, -0.15) is 0 Å². The third-order valence-electron chi connectivity index (χ3n) is 3.52. The van der Waals surface area contributed by atoms with Gasteiger partial charge < -0.3 is 20.9 Å². The molecule has 1 fully saturated rings. The second kappa shape index (κ2) is 6.92. The first kappa shape index (κ1) is 15.1. The van der Waals surface area contributed by atoms with Gasteiger partial charge in [-0.3, -0.25) is 4.79 Å². The number of rotatable bonds is 5. The zero-order valence-electron chi connectivity index (χ0n) is 11.1. The van der Waals surface area contributed by atoms with Crippen molar-refractivity contribution in [3.63, 3.8) is 0 Å². The van der Waals surface area contributed by atoms with Crippen molar-refractivity contribution in [1.29, 1.82) is 0 Å². The van der Waals surface area contributed by atoms with E-state index in [0.29, 0.717) is 17.3 Å². The maximum atomic E-state index is 11.1. The number of ether oxygens (including phenoxy) is 1. The molecule has 0 unspecified atom stereocenters. The van der Waals surface area contributed by atoms with E-state index >= 15 is 0 Å². The number of nitrogens with one attached hydrogen (secondary N) is 1. The maximum absolute atomic E-state index is 11.1. The SMILES string of the molecule is NCC(=O)NC[C@H]1CC[C@@H](Oc2cccc(Cl)c2)[C@@H]1O. The lowest BCUT2D eigenvalue weighted by Gasteiger charge is -2.21. The molecule has 0 heterocycles. The van der Waals surface area contributed by atoms with Crippen molar-refractivity contribution in [2.45, 2.75) is 25.0 Å². The van der Waals surface area contributed by atoms with Crippen LogP contribution in [0.5, 0.6) is 5.75 Å². The molecule has 110 valence electrons. The first-order chi connectivity index (χ1) is 9.60. The first-order valence-electron chi connectivity index (χ1n) is 6.67. The summed E-state index contributed by atoms with van der Waals surface area (Å²) in [6.07, 6.45) is 0.675. The average molecular weight is 299 g/mol. The van der Waals surface area contributed by atoms with Gasteiger partial charge in [0, 0.05) is 17.5 Å². The number of aliphatic hydroxyl groups is 1. The molecule has 5 nitrogen and oxygen atoms in total. The largest absolute Gasteiger partial charge is 0.488 e. The average Bonchev–Trinajstić information content (AvgIpc) is 2.77. The highest BCUT2D eigenvalue weighted by atomic mass is 35.5. The number of halogens is 1. The first-order valence-corrected chi connectivity index (χ1v) is 7.05. The summed E-state index contributed by atoms with van der Waals surface area (Å²) in [5, 5.41) is 13.5. The fourth-order valence-corrected chi connectivity index (χ4v) is 2.59. The minimum atomic E-state index is -0.605. The van der Waals surface area contributed by atoms with Crippen LogP contribution in [-0.2, 0) is 4.79 Å². The molecule has 0 radical (unpaired) electrons. The third kappa shape index (κ3) is 3.85. The number of benzene rings is 1. The molecule has 6 heteroatoms. The summed E-state index contributed by atoms with van der Waals surface area (Å²) in [5.41, 5.74) is 5.22. The van der Waals surface area contributed by atoms with Gasteiger partial charge in [0.05, 0.1) is 12.6 Å². The van der Waals surface area contributed by atoms with Crippen LogP contribution in [0.1, 0.15) is 12.8 Å². The summed E-state index contributed by atoms with van der Waals surface area (Å²) < 4.78 is 5.76. The van der Waals surface area contributed by atoms with E-state index in [0.717, 1.165) is 12.8 Å². The topological polar surface area (TPSA) is 84.6 Å². The minimum Gasteiger partial charge on any atom is -0.488 e. The van der Waals surface area contributed by atoms with Crippen LogP contribution in [0.25, 0.3) is 0 Å². The Labute approximate surface area is 123 Å². The molecule has 0 aliphatic heterocycles. The van der Waals surface area contributed by atoms with Gasteiger partial charge in [0.1, 0.15) is 11.9 Å². The highest BCUT2D eigenvalue weighted by Crippen LogP contribution is 2.30. The molecule has 1 aromatic rings. The number of hydrogen-bond donors (Lipinski definition) is 3. The molecule has 1 amide bonds. The highest BCUT2D eigenvalue weighted by Gasteiger charge is 2.36. The van der Waals surface area contributed by atoms with Crippen molar-refractivity contribution < 1.29 is 14.6 Å². The Morgan fingerprint density at radius 1 is 1.50 bits per heavy atom. The molecule has 0 aromatic heterocycles. The molecule has 1 aliphatic carbocycles. The molecular weight excluding hydrogens is 280 g/mol. The molecular formula is C14H19ClN2O3. The van der Waals surface area contributed by atoms with Crippen molar-refractivity contribution >= 4 is 17.5 Å². The molecule has 20 heavy (non-hydrogen) atoms. The van der Waals surface area contributed by atoms with Crippen LogP contribution in [0.3, 0.4) is 0 Å². The van der Waals surface area contributed by atoms with Gasteiger partial charge >= 0.3 is 0 Å². The second-order valence-electron chi connectivity index (χ2n) is 4.95. The molecule has 0 spiro atoms. The predicted molar refractivity (Wildman–Crippen MR) is 76.7 cm³/mol. The number of carbonyl (C=O) groups excluding carboxylic acids is 1. The van der Waals surface area contributed by atoms with E-state index in [1.54, 1.807) is 18.2 Å². The fourth-order valence-electron chi connectivity index (χ4n) is 2.41. The van der Waals surface area contributed by atoms with Gasteiger partial charge in [0.15, 0.2) is 0 Å². The van der Waals surface area contributed by atoms with Crippen LogP contribution in [-0.4, -0.2) is 36.3 Å². The molecule has 1 aromatic carbocycles. The van der Waals surface area contributed by atoms with E-state index in [4.69, 9.17) is 22.1 Å². The second-order valence-corrected chi connectivity index (χ2v) is 5.39. The lowest BCUT2D eigenvalue weighted by Crippen LogP contribution is -2.39. The maximum Gasteiger partial charge on any atom is 0.233 e. The van der Waals surface area contributed by atoms with Crippen LogP contribution in [0.4, 0.5) is 0 Å². The molecule has 0 saturated heterocycles. The highest BCUT2D eigenvalue weighted by molar-refractivity contribution is 6.30. The Bertz CT molecular complexity index is 469. The van der Waals surface area contributed by atoms with Gasteiger partial charge in [-0.15, -0.1) is 0 Å². The van der Waals surface area contributed by atoms with Crippen LogP contribution < -0.4 is 15.8 Å². The molecule has 4 N–H and O–H groups in total. The lowest BCUT2D eigenvalue weighted by atomic mass is 10.1. The van der Waals surface area contributed by atoms with Crippen molar-refractivity contribution in [1.82, 2.24) is 5.32 Å². The predicted octanol–water partition coefficient (Wildman–Crippen LogP) is 0.933. The summed E-state index contributed by atoms with van der Waals surface area (Å²) >= 11 is 5.89. The van der Waals surface area contributed by atoms with Crippen molar-refractivity contribution in [2.75, 3.05) is 13.1 Å². The van der Waals surface area contributed by atoms with E-state index in [1.165, 1.54) is 0 Å². The van der Waals surface area contributed by atoms with Crippen LogP contribution in [0, 0.1) is 5.92 Å². The summed E-state index contributed by atoms with van der Waals surface area (Å²) in [6, 6.07) is 7.10. The van der Waals surface area contributed by atoms with E-state index < -0.39 is 6.10 Å². The Hall–Kier alpha value is -1.30. The Kier molecular flexibility index (Phi) is 5.23. The smallest absolute Gasteiger partial charge is 0.233 e. The van der Waals surface area contributed by atoms with E-state index in [1.807, 2.05) is 6.07 Å². The van der Waals surface area contributed by atoms with Crippen molar-refractivity contribution in [2.24, 2.45) is 11.7 Å². The van der Waals surface area contributed by atoms with Gasteiger partial charge in [-0.25, -0.2) is 0 Å².